The second kappa shape index (κ2) is 9.92. The Bertz CT molecular complexity index is 923. The van der Waals surface area contributed by atoms with Crippen LogP contribution < -0.4 is 9.75 Å². The van der Waals surface area contributed by atoms with Crippen LogP contribution in [0.15, 0.2) is 24.3 Å². The molecule has 0 aromatic heterocycles. The summed E-state index contributed by atoms with van der Waals surface area (Å²) in [4.78, 5) is 0. The zero-order valence-electron chi connectivity index (χ0n) is 19.7. The summed E-state index contributed by atoms with van der Waals surface area (Å²) in [5.41, 5.74) is 8.87. The number of hydrogen-bond acceptors (Lipinski definition) is 2. The van der Waals surface area contributed by atoms with Gasteiger partial charge in [0, 0.05) is 10.9 Å². The first-order valence-electron chi connectivity index (χ1n) is 11.2. The van der Waals surface area contributed by atoms with Gasteiger partial charge in [0.15, 0.2) is 8.24 Å². The van der Waals surface area contributed by atoms with Gasteiger partial charge in [-0.05, 0) is 91.9 Å². The van der Waals surface area contributed by atoms with Crippen LogP contribution in [0.25, 0.3) is 0 Å². The van der Waals surface area contributed by atoms with Crippen molar-refractivity contribution in [2.24, 2.45) is 0 Å². The predicted molar refractivity (Wildman–Crippen MR) is 135 cm³/mol. The molecule has 0 aliphatic heterocycles. The Hall–Kier alpha value is -0.280. The van der Waals surface area contributed by atoms with Crippen LogP contribution in [-0.4, -0.2) is 20.4 Å². The number of phenols is 1. The minimum atomic E-state index is -2.08. The first kappa shape index (κ1) is 25.3. The van der Waals surface area contributed by atoms with Crippen LogP contribution in [0.2, 0.25) is 13.1 Å². The minimum absolute atomic E-state index is 0.0572. The van der Waals surface area contributed by atoms with Crippen molar-refractivity contribution < 1.29 is 26.0 Å². The number of nitrogens with zero attached hydrogens (tertiary/aromatic N) is 1. The van der Waals surface area contributed by atoms with E-state index in [0.717, 1.165) is 10.8 Å². The fraction of sp³-hybridized carbons (Fsp3) is 0.520. The summed E-state index contributed by atoms with van der Waals surface area (Å²) in [6, 6.07) is 8.89. The van der Waals surface area contributed by atoms with Crippen LogP contribution in [0.5, 0.6) is 5.75 Å². The molecule has 2 aromatic carbocycles. The Kier molecular flexibility index (Phi) is 8.11. The number of aromatic hydroxyl groups is 1. The monoisotopic (exact) mass is 553 g/mol. The molecule has 0 bridgehead atoms. The van der Waals surface area contributed by atoms with Crippen LogP contribution in [0, 0.1) is 0 Å². The molecule has 0 radical (unpaired) electrons. The molecule has 0 saturated heterocycles. The molecule has 2 aliphatic rings. The molecule has 0 fully saturated rings. The molecular weight excluding hydrogens is 520 g/mol. The zero-order valence-corrected chi connectivity index (χ0v) is 24.7. The summed E-state index contributed by atoms with van der Waals surface area (Å²) >= 11 is -0.826. The fourth-order valence-corrected chi connectivity index (χ4v) is 7.70. The second-order valence-electron chi connectivity index (χ2n) is 10.3. The van der Waals surface area contributed by atoms with Gasteiger partial charge in [0.05, 0.1) is 0 Å². The summed E-state index contributed by atoms with van der Waals surface area (Å²) in [5.74, 6) is 0.516. The standard InChI is InChI=1S/C25H35NOSi.2ClH.Zr/c1-25(2,3)21-14-9-15-22(24(21)27)28(5,6)26(4)23-19-12-7-10-17(19)16-18-11-8-13-20(18)23;;;/h9,14-16,27H,7-8,10-13H2,1-6H3;2*1H;/q;;;+2/p-2. The van der Waals surface area contributed by atoms with Gasteiger partial charge >= 0.3 is 37.9 Å². The number of benzene rings is 2. The van der Waals surface area contributed by atoms with Gasteiger partial charge in [-0.3, -0.25) is 0 Å². The van der Waals surface area contributed by atoms with E-state index in [9.17, 15) is 5.11 Å². The van der Waals surface area contributed by atoms with Crippen LogP contribution >= 0.6 is 17.0 Å². The third-order valence-corrected chi connectivity index (χ3v) is 10.7. The molecule has 0 amide bonds. The van der Waals surface area contributed by atoms with E-state index in [2.05, 4.69) is 69.7 Å². The van der Waals surface area contributed by atoms with Crippen molar-refractivity contribution in [2.45, 2.75) is 77.8 Å². The van der Waals surface area contributed by atoms with Gasteiger partial charge in [0.1, 0.15) is 5.75 Å². The normalized spacial score (nSPS) is 15.1. The maximum absolute atomic E-state index is 11.3. The number of fused-ring (bicyclic) bond motifs is 2. The van der Waals surface area contributed by atoms with Gasteiger partial charge in [0.25, 0.3) is 0 Å². The summed E-state index contributed by atoms with van der Waals surface area (Å²) < 4.78 is 2.60. The Labute approximate surface area is 208 Å². The van der Waals surface area contributed by atoms with Gasteiger partial charge < -0.3 is 9.67 Å². The molecule has 0 saturated carbocycles. The molecular formula is C25H35Cl2NOSiZr. The topological polar surface area (TPSA) is 23.5 Å². The van der Waals surface area contributed by atoms with E-state index in [4.69, 9.17) is 17.0 Å². The average molecular weight is 556 g/mol. The van der Waals surface area contributed by atoms with Crippen LogP contribution in [0.1, 0.15) is 61.4 Å². The maximum atomic E-state index is 11.3. The van der Waals surface area contributed by atoms with E-state index < -0.39 is 29.1 Å². The summed E-state index contributed by atoms with van der Waals surface area (Å²) in [7, 11) is 10.1. The van der Waals surface area contributed by atoms with Gasteiger partial charge in [0.2, 0.25) is 0 Å². The molecule has 0 heterocycles. The van der Waals surface area contributed by atoms with Crippen molar-refractivity contribution in [3.05, 3.63) is 52.1 Å². The fourth-order valence-electron chi connectivity index (χ4n) is 5.29. The van der Waals surface area contributed by atoms with Crippen LogP contribution in [0.3, 0.4) is 0 Å². The van der Waals surface area contributed by atoms with E-state index in [-0.39, 0.29) is 5.41 Å². The molecule has 0 atom stereocenters. The number of aryl methyl sites for hydroxylation is 2. The molecule has 0 spiro atoms. The van der Waals surface area contributed by atoms with Gasteiger partial charge in [-0.25, -0.2) is 0 Å². The van der Waals surface area contributed by atoms with Gasteiger partial charge in [-0.15, -0.1) is 0 Å². The van der Waals surface area contributed by atoms with Crippen molar-refractivity contribution in [3.8, 4) is 5.75 Å². The van der Waals surface area contributed by atoms with Gasteiger partial charge in [-0.2, -0.15) is 0 Å². The quantitative estimate of drug-likeness (QED) is 0.432. The molecule has 31 heavy (non-hydrogen) atoms. The van der Waals surface area contributed by atoms with E-state index in [1.807, 2.05) is 0 Å². The summed E-state index contributed by atoms with van der Waals surface area (Å²) in [6.45, 7) is 11.3. The first-order chi connectivity index (χ1) is 14.5. The van der Waals surface area contributed by atoms with Crippen molar-refractivity contribution in [1.82, 2.24) is 0 Å². The Morgan fingerprint density at radius 3 is 1.97 bits per heavy atom. The van der Waals surface area contributed by atoms with E-state index in [1.54, 1.807) is 22.3 Å². The Morgan fingerprint density at radius 2 is 1.48 bits per heavy atom. The number of hydrogen-bond donors (Lipinski definition) is 1. The average Bonchev–Trinajstić information content (AvgIpc) is 3.34. The van der Waals surface area contributed by atoms with Crippen molar-refractivity contribution >= 4 is 36.1 Å². The number of halogens is 2. The SMILES string of the molecule is CN(c1c2c(cc3c1CCC3)CCC2)[Si](C)(C)c1cccc(C(C)(C)C)c1O.[Cl][Zr][Cl]. The predicted octanol–water partition coefficient (Wildman–Crippen LogP) is 6.59. The molecule has 168 valence electrons. The molecule has 2 aliphatic carbocycles. The van der Waals surface area contributed by atoms with Crippen LogP contribution in [-0.2, 0) is 51.9 Å². The van der Waals surface area contributed by atoms with Crippen molar-refractivity contribution in [2.75, 3.05) is 11.6 Å². The second-order valence-corrected chi connectivity index (χ2v) is 18.4. The number of para-hydroxylation sites is 1. The summed E-state index contributed by atoms with van der Waals surface area (Å²) in [6.07, 6.45) is 7.45. The van der Waals surface area contributed by atoms with Crippen LogP contribution in [0.4, 0.5) is 5.69 Å². The number of phenolic OH excluding ortho intramolecular Hbond substituents is 1. The van der Waals surface area contributed by atoms with E-state index in [0.29, 0.717) is 5.75 Å². The molecule has 1 N–H and O–H groups in total. The third-order valence-electron chi connectivity index (χ3n) is 7.12. The molecule has 0 unspecified atom stereocenters. The van der Waals surface area contributed by atoms with Crippen molar-refractivity contribution in [1.29, 1.82) is 0 Å². The van der Waals surface area contributed by atoms with E-state index in [1.165, 1.54) is 44.2 Å². The Morgan fingerprint density at radius 1 is 0.968 bits per heavy atom. The van der Waals surface area contributed by atoms with Gasteiger partial charge in [-0.1, -0.05) is 45.0 Å². The molecule has 2 aromatic rings. The van der Waals surface area contributed by atoms with E-state index >= 15 is 0 Å². The number of rotatable bonds is 3. The summed E-state index contributed by atoms with van der Waals surface area (Å²) in [5, 5.41) is 12.4. The third kappa shape index (κ3) is 4.98. The Balaban J connectivity index is 0.000000858. The van der Waals surface area contributed by atoms with Crippen molar-refractivity contribution in [3.63, 3.8) is 0 Å². The molecule has 2 nitrogen and oxygen atoms in total. The molecule has 6 heteroatoms. The zero-order chi connectivity index (χ0) is 23.0. The number of anilines is 1. The first-order valence-corrected chi connectivity index (χ1v) is 20.5. The molecule has 4 rings (SSSR count).